The molecule has 1 aromatic heterocycles. The third-order valence-electron chi connectivity index (χ3n) is 2.31. The van der Waals surface area contributed by atoms with E-state index in [-0.39, 0.29) is 5.75 Å². The van der Waals surface area contributed by atoms with E-state index in [0.29, 0.717) is 5.95 Å². The zero-order chi connectivity index (χ0) is 13.1. The Morgan fingerprint density at radius 2 is 2.00 bits per heavy atom. The van der Waals surface area contributed by atoms with Gasteiger partial charge in [0.15, 0.2) is 0 Å². The molecule has 0 fully saturated rings. The molecule has 0 aliphatic rings. The van der Waals surface area contributed by atoms with Gasteiger partial charge in [-0.2, -0.15) is 4.98 Å². The number of nitrogens with one attached hydrogen (secondary N) is 2. The molecule has 0 bridgehead atoms. The van der Waals surface area contributed by atoms with Crippen LogP contribution in [0.25, 0.3) is 0 Å². The van der Waals surface area contributed by atoms with E-state index in [2.05, 4.69) is 43.2 Å². The standard InChI is InChI=1S/C12H13IN4O/c1-7-5-11(14-2)17-12(15-7)16-8-3-4-10(18)9(13)6-8/h3-6,18H,1-2H3,(H2,14,15,16,17). The summed E-state index contributed by atoms with van der Waals surface area (Å²) in [7, 11) is 1.81. The van der Waals surface area contributed by atoms with Crippen LogP contribution in [0.3, 0.4) is 0 Å². The maximum atomic E-state index is 9.46. The van der Waals surface area contributed by atoms with Crippen LogP contribution < -0.4 is 10.6 Å². The summed E-state index contributed by atoms with van der Waals surface area (Å²) in [5, 5.41) is 15.6. The molecule has 1 aromatic carbocycles. The van der Waals surface area contributed by atoms with Crippen LogP contribution >= 0.6 is 22.6 Å². The fourth-order valence-corrected chi connectivity index (χ4v) is 1.98. The number of phenolic OH excluding ortho intramolecular Hbond substituents is 1. The van der Waals surface area contributed by atoms with Crippen molar-refractivity contribution in [3.05, 3.63) is 33.5 Å². The normalized spacial score (nSPS) is 10.2. The van der Waals surface area contributed by atoms with Gasteiger partial charge in [0.25, 0.3) is 0 Å². The quantitative estimate of drug-likeness (QED) is 0.583. The lowest BCUT2D eigenvalue weighted by Gasteiger charge is -2.08. The van der Waals surface area contributed by atoms with Crippen molar-refractivity contribution in [1.29, 1.82) is 0 Å². The molecule has 0 spiro atoms. The third kappa shape index (κ3) is 3.00. The summed E-state index contributed by atoms with van der Waals surface area (Å²) in [6, 6.07) is 7.12. The van der Waals surface area contributed by atoms with Crippen molar-refractivity contribution in [3.8, 4) is 5.75 Å². The first-order valence-electron chi connectivity index (χ1n) is 5.37. The van der Waals surface area contributed by atoms with Crippen LogP contribution in [0.5, 0.6) is 5.75 Å². The molecule has 0 radical (unpaired) electrons. The number of nitrogens with zero attached hydrogens (tertiary/aromatic N) is 2. The molecule has 5 nitrogen and oxygen atoms in total. The van der Waals surface area contributed by atoms with Crippen LogP contribution in [0.4, 0.5) is 17.5 Å². The zero-order valence-electron chi connectivity index (χ0n) is 10.0. The number of aryl methyl sites for hydroxylation is 1. The van der Waals surface area contributed by atoms with Gasteiger partial charge in [0.1, 0.15) is 11.6 Å². The number of rotatable bonds is 3. The fourth-order valence-electron chi connectivity index (χ4n) is 1.47. The number of anilines is 3. The zero-order valence-corrected chi connectivity index (χ0v) is 12.2. The number of hydrogen-bond donors (Lipinski definition) is 3. The van der Waals surface area contributed by atoms with E-state index in [0.717, 1.165) is 20.8 Å². The number of benzene rings is 1. The van der Waals surface area contributed by atoms with Gasteiger partial charge in [-0.3, -0.25) is 0 Å². The summed E-state index contributed by atoms with van der Waals surface area (Å²) >= 11 is 2.07. The van der Waals surface area contributed by atoms with Crippen molar-refractivity contribution in [2.75, 3.05) is 17.7 Å². The molecule has 0 amide bonds. The lowest BCUT2D eigenvalue weighted by atomic mass is 10.3. The van der Waals surface area contributed by atoms with Crippen LogP contribution in [0.15, 0.2) is 24.3 Å². The lowest BCUT2D eigenvalue weighted by Crippen LogP contribution is -2.02. The molecule has 0 saturated carbocycles. The van der Waals surface area contributed by atoms with Crippen molar-refractivity contribution >= 4 is 40.0 Å². The Labute approximate surface area is 119 Å². The van der Waals surface area contributed by atoms with E-state index in [9.17, 15) is 5.11 Å². The molecular formula is C12H13IN4O. The highest BCUT2D eigenvalue weighted by atomic mass is 127. The van der Waals surface area contributed by atoms with E-state index < -0.39 is 0 Å². The van der Waals surface area contributed by atoms with Crippen molar-refractivity contribution in [3.63, 3.8) is 0 Å². The van der Waals surface area contributed by atoms with Crippen molar-refractivity contribution in [2.45, 2.75) is 6.92 Å². The number of aromatic hydroxyl groups is 1. The van der Waals surface area contributed by atoms with E-state index in [1.165, 1.54) is 0 Å². The molecule has 2 rings (SSSR count). The van der Waals surface area contributed by atoms with Gasteiger partial charge < -0.3 is 15.7 Å². The van der Waals surface area contributed by atoms with Gasteiger partial charge >= 0.3 is 0 Å². The second-order valence-electron chi connectivity index (χ2n) is 3.76. The number of phenols is 1. The smallest absolute Gasteiger partial charge is 0.229 e. The highest BCUT2D eigenvalue weighted by Gasteiger charge is 2.04. The summed E-state index contributed by atoms with van der Waals surface area (Å²) in [5.41, 5.74) is 1.72. The molecule has 94 valence electrons. The van der Waals surface area contributed by atoms with Crippen LogP contribution in [-0.2, 0) is 0 Å². The predicted molar refractivity (Wildman–Crippen MR) is 80.4 cm³/mol. The molecule has 1 heterocycles. The van der Waals surface area contributed by atoms with E-state index in [1.807, 2.05) is 26.1 Å². The minimum absolute atomic E-state index is 0.266. The molecule has 18 heavy (non-hydrogen) atoms. The molecule has 0 aliphatic carbocycles. The Bertz CT molecular complexity index is 574. The minimum atomic E-state index is 0.266. The molecule has 0 atom stereocenters. The van der Waals surface area contributed by atoms with Gasteiger partial charge in [-0.1, -0.05) is 0 Å². The Hall–Kier alpha value is -1.57. The summed E-state index contributed by atoms with van der Waals surface area (Å²) in [6.07, 6.45) is 0. The predicted octanol–water partition coefficient (Wildman–Crippen LogP) is 2.88. The van der Waals surface area contributed by atoms with Gasteiger partial charge in [-0.05, 0) is 47.7 Å². The van der Waals surface area contributed by atoms with Gasteiger partial charge in [0, 0.05) is 24.5 Å². The molecule has 6 heteroatoms. The van der Waals surface area contributed by atoms with Crippen molar-refractivity contribution in [1.82, 2.24) is 9.97 Å². The Kier molecular flexibility index (Phi) is 3.85. The van der Waals surface area contributed by atoms with Crippen molar-refractivity contribution < 1.29 is 5.11 Å². The van der Waals surface area contributed by atoms with E-state index in [1.54, 1.807) is 12.1 Å². The van der Waals surface area contributed by atoms with Gasteiger partial charge in [-0.15, -0.1) is 0 Å². The maximum Gasteiger partial charge on any atom is 0.229 e. The van der Waals surface area contributed by atoms with E-state index >= 15 is 0 Å². The monoisotopic (exact) mass is 356 g/mol. The fraction of sp³-hybridized carbons (Fsp3) is 0.167. The SMILES string of the molecule is CNc1cc(C)nc(Nc2ccc(O)c(I)c2)n1. The van der Waals surface area contributed by atoms with E-state index in [4.69, 9.17) is 0 Å². The molecule has 0 saturated heterocycles. The second kappa shape index (κ2) is 5.38. The Morgan fingerprint density at radius 3 is 2.67 bits per heavy atom. The second-order valence-corrected chi connectivity index (χ2v) is 4.92. The topological polar surface area (TPSA) is 70.1 Å². The first-order valence-corrected chi connectivity index (χ1v) is 6.45. The van der Waals surface area contributed by atoms with Crippen molar-refractivity contribution in [2.24, 2.45) is 0 Å². The molecular weight excluding hydrogens is 343 g/mol. The first-order chi connectivity index (χ1) is 8.58. The molecule has 0 aliphatic heterocycles. The van der Waals surface area contributed by atoms with Gasteiger partial charge in [0.05, 0.1) is 3.57 Å². The first kappa shape index (κ1) is 12.9. The highest BCUT2D eigenvalue weighted by Crippen LogP contribution is 2.24. The average molecular weight is 356 g/mol. The number of hydrogen-bond acceptors (Lipinski definition) is 5. The Balaban J connectivity index is 2.27. The third-order valence-corrected chi connectivity index (χ3v) is 3.18. The van der Waals surface area contributed by atoms with Crippen LogP contribution in [-0.4, -0.2) is 22.1 Å². The summed E-state index contributed by atoms with van der Waals surface area (Å²) in [5.74, 6) is 1.56. The molecule has 0 unspecified atom stereocenters. The number of halogens is 1. The largest absolute Gasteiger partial charge is 0.507 e. The molecule has 3 N–H and O–H groups in total. The molecule has 2 aromatic rings. The summed E-state index contributed by atoms with van der Waals surface area (Å²) in [6.45, 7) is 1.91. The Morgan fingerprint density at radius 1 is 1.22 bits per heavy atom. The number of aromatic nitrogens is 2. The van der Waals surface area contributed by atoms with Gasteiger partial charge in [-0.25, -0.2) is 4.98 Å². The minimum Gasteiger partial charge on any atom is -0.507 e. The van der Waals surface area contributed by atoms with Crippen LogP contribution in [0.2, 0.25) is 0 Å². The lowest BCUT2D eigenvalue weighted by molar-refractivity contribution is 0.471. The maximum absolute atomic E-state index is 9.46. The van der Waals surface area contributed by atoms with Gasteiger partial charge in [0.2, 0.25) is 5.95 Å². The van der Waals surface area contributed by atoms with Crippen LogP contribution in [0, 0.1) is 10.5 Å². The summed E-state index contributed by atoms with van der Waals surface area (Å²) in [4.78, 5) is 8.60. The van der Waals surface area contributed by atoms with Crippen LogP contribution in [0.1, 0.15) is 5.69 Å². The summed E-state index contributed by atoms with van der Waals surface area (Å²) < 4.78 is 0.777. The average Bonchev–Trinajstić information content (AvgIpc) is 2.33. The highest BCUT2D eigenvalue weighted by molar-refractivity contribution is 14.1.